The second-order valence-electron chi connectivity index (χ2n) is 8.13. The van der Waals surface area contributed by atoms with Crippen LogP contribution in [0, 0.1) is 11.7 Å². The van der Waals surface area contributed by atoms with Crippen molar-refractivity contribution < 1.29 is 18.7 Å². The second kappa shape index (κ2) is 8.04. The maximum Gasteiger partial charge on any atom is 0.236 e. The number of carbonyl (C=O) groups is 1. The smallest absolute Gasteiger partial charge is 0.236 e. The largest absolute Gasteiger partial charge is 0.497 e. The summed E-state index contributed by atoms with van der Waals surface area (Å²) in [5.74, 6) is 0.0961. The number of carbonyl (C=O) groups excluding carboxylic acids is 1. The van der Waals surface area contributed by atoms with Crippen molar-refractivity contribution in [3.8, 4) is 11.5 Å². The van der Waals surface area contributed by atoms with Gasteiger partial charge in [-0.25, -0.2) is 4.39 Å². The quantitative estimate of drug-likeness (QED) is 0.550. The van der Waals surface area contributed by atoms with E-state index in [0.29, 0.717) is 28.0 Å². The molecule has 3 atom stereocenters. The first kappa shape index (κ1) is 21.2. The number of methoxy groups -OCH3 is 1. The van der Waals surface area contributed by atoms with E-state index in [2.05, 4.69) is 10.6 Å². The van der Waals surface area contributed by atoms with E-state index in [4.69, 9.17) is 21.7 Å². The number of ether oxygens (including phenoxy) is 2. The number of halogens is 1. The molecule has 0 spiro atoms. The molecule has 2 N–H and O–H groups in total. The molecule has 5 rings (SSSR count). The number of rotatable bonds is 4. The monoisotopic (exact) mass is 463 g/mol. The van der Waals surface area contributed by atoms with Crippen LogP contribution in [0.4, 0.5) is 15.8 Å². The Balaban J connectivity index is 1.58. The molecule has 168 valence electrons. The van der Waals surface area contributed by atoms with E-state index in [0.717, 1.165) is 5.56 Å². The molecule has 1 fully saturated rings. The van der Waals surface area contributed by atoms with Crippen molar-refractivity contribution in [2.45, 2.75) is 18.7 Å². The molecule has 2 heterocycles. The Morgan fingerprint density at radius 1 is 1.12 bits per heavy atom. The molecule has 6 nitrogen and oxygen atoms in total. The summed E-state index contributed by atoms with van der Waals surface area (Å²) < 4.78 is 25.3. The summed E-state index contributed by atoms with van der Waals surface area (Å²) >= 11 is 5.69. The minimum atomic E-state index is -1.16. The maximum absolute atomic E-state index is 13.7. The van der Waals surface area contributed by atoms with Gasteiger partial charge in [0.05, 0.1) is 13.2 Å². The lowest BCUT2D eigenvalue weighted by Crippen LogP contribution is -2.72. The Labute approximate surface area is 196 Å². The molecule has 3 aromatic rings. The average molecular weight is 464 g/mol. The summed E-state index contributed by atoms with van der Waals surface area (Å²) in [6, 6.07) is 20.3. The van der Waals surface area contributed by atoms with E-state index < -0.39 is 17.7 Å². The highest BCUT2D eigenvalue weighted by Gasteiger charge is 2.59. The molecule has 0 saturated carbocycles. The van der Waals surface area contributed by atoms with Gasteiger partial charge in [-0.05, 0) is 73.7 Å². The molecule has 1 saturated heterocycles. The van der Waals surface area contributed by atoms with Crippen molar-refractivity contribution in [1.29, 1.82) is 0 Å². The first-order valence-electron chi connectivity index (χ1n) is 10.5. The molecule has 0 aromatic heterocycles. The third kappa shape index (κ3) is 3.56. The number of thiocarbonyl (C=S) groups is 1. The van der Waals surface area contributed by atoms with E-state index in [1.165, 1.54) is 12.1 Å². The first-order chi connectivity index (χ1) is 15.9. The minimum absolute atomic E-state index is 0.232. The van der Waals surface area contributed by atoms with Gasteiger partial charge in [-0.15, -0.1) is 0 Å². The van der Waals surface area contributed by atoms with Crippen molar-refractivity contribution in [3.63, 3.8) is 0 Å². The van der Waals surface area contributed by atoms with Crippen LogP contribution in [-0.4, -0.2) is 23.9 Å². The third-order valence-electron chi connectivity index (χ3n) is 6.13. The topological polar surface area (TPSA) is 62.8 Å². The fraction of sp³-hybridized carbons (Fsp3) is 0.200. The molecular weight excluding hydrogens is 441 g/mol. The molecule has 0 unspecified atom stereocenters. The number of nitrogens with one attached hydrogen (secondary N) is 2. The van der Waals surface area contributed by atoms with Crippen LogP contribution in [0.2, 0.25) is 0 Å². The molecule has 2 bridgehead atoms. The van der Waals surface area contributed by atoms with Crippen LogP contribution >= 0.6 is 12.2 Å². The van der Waals surface area contributed by atoms with E-state index in [-0.39, 0.29) is 11.7 Å². The Bertz CT molecular complexity index is 1220. The molecule has 8 heteroatoms. The number of hydrogen-bond acceptors (Lipinski definition) is 4. The van der Waals surface area contributed by atoms with Crippen LogP contribution in [0.3, 0.4) is 0 Å². The predicted molar refractivity (Wildman–Crippen MR) is 128 cm³/mol. The van der Waals surface area contributed by atoms with Gasteiger partial charge in [0.2, 0.25) is 5.91 Å². The zero-order valence-electron chi connectivity index (χ0n) is 18.0. The summed E-state index contributed by atoms with van der Waals surface area (Å²) in [4.78, 5) is 15.4. The number of para-hydroxylation sites is 1. The van der Waals surface area contributed by atoms with Crippen molar-refractivity contribution in [2.24, 2.45) is 5.92 Å². The van der Waals surface area contributed by atoms with Crippen LogP contribution in [0.1, 0.15) is 18.5 Å². The normalized spacial score (nSPS) is 23.1. The number of fused-ring (bicyclic) bond motifs is 4. The number of benzene rings is 3. The van der Waals surface area contributed by atoms with E-state index in [1.54, 1.807) is 48.4 Å². The maximum atomic E-state index is 13.7. The molecule has 1 amide bonds. The lowest BCUT2D eigenvalue weighted by atomic mass is 9.78. The second-order valence-corrected chi connectivity index (χ2v) is 8.52. The predicted octanol–water partition coefficient (Wildman–Crippen LogP) is 4.63. The van der Waals surface area contributed by atoms with Gasteiger partial charge < -0.3 is 20.1 Å². The lowest BCUT2D eigenvalue weighted by molar-refractivity contribution is -0.130. The molecule has 2 aliphatic rings. The van der Waals surface area contributed by atoms with Gasteiger partial charge in [-0.3, -0.25) is 9.69 Å². The van der Waals surface area contributed by atoms with Gasteiger partial charge in [0.1, 0.15) is 23.2 Å². The van der Waals surface area contributed by atoms with Crippen molar-refractivity contribution in [3.05, 3.63) is 84.2 Å². The number of hydrogen-bond donors (Lipinski definition) is 2. The van der Waals surface area contributed by atoms with Gasteiger partial charge in [-0.2, -0.15) is 0 Å². The summed E-state index contributed by atoms with van der Waals surface area (Å²) in [5, 5.41) is 6.73. The Morgan fingerprint density at radius 2 is 1.82 bits per heavy atom. The number of anilines is 2. The third-order valence-corrected chi connectivity index (χ3v) is 6.43. The molecule has 3 aromatic carbocycles. The highest BCUT2D eigenvalue weighted by molar-refractivity contribution is 7.80. The van der Waals surface area contributed by atoms with Crippen molar-refractivity contribution >= 4 is 34.6 Å². The molecule has 33 heavy (non-hydrogen) atoms. The van der Waals surface area contributed by atoms with Crippen molar-refractivity contribution in [1.82, 2.24) is 5.32 Å². The zero-order chi connectivity index (χ0) is 23.2. The summed E-state index contributed by atoms with van der Waals surface area (Å²) in [6.07, 6.45) is 0. The van der Waals surface area contributed by atoms with Gasteiger partial charge >= 0.3 is 0 Å². The van der Waals surface area contributed by atoms with Gasteiger partial charge in [0.15, 0.2) is 10.8 Å². The summed E-state index contributed by atoms with van der Waals surface area (Å²) in [7, 11) is 1.59. The zero-order valence-corrected chi connectivity index (χ0v) is 18.9. The van der Waals surface area contributed by atoms with Crippen molar-refractivity contribution in [2.75, 3.05) is 17.3 Å². The minimum Gasteiger partial charge on any atom is -0.497 e. The van der Waals surface area contributed by atoms with Crippen LogP contribution in [0.15, 0.2) is 72.8 Å². The first-order valence-corrected chi connectivity index (χ1v) is 10.9. The fourth-order valence-electron chi connectivity index (χ4n) is 4.60. The molecule has 0 radical (unpaired) electrons. The Kier molecular flexibility index (Phi) is 5.17. The summed E-state index contributed by atoms with van der Waals surface area (Å²) in [6.45, 7) is 1.84. The van der Waals surface area contributed by atoms with Gasteiger partial charge in [0.25, 0.3) is 0 Å². The Hall–Kier alpha value is -3.65. The highest BCUT2D eigenvalue weighted by Crippen LogP contribution is 2.49. The number of amides is 1. The van der Waals surface area contributed by atoms with Crippen LogP contribution < -0.4 is 25.0 Å². The standard InChI is InChI=1S/C25H22FN3O3S/c1-25-21(23(30)27-16-9-13-18(31-2)14-10-16)22(19-5-3-4-6-20(19)32-25)28-24(33)29(25)17-11-7-15(26)8-12-17/h3-14,21-22H,1-2H3,(H,27,30)(H,28,33)/t21-,22-,25+/m1/s1. The fourth-order valence-corrected chi connectivity index (χ4v) is 5.02. The SMILES string of the molecule is COc1ccc(NC(=O)[C@H]2[C@@H]3NC(=S)N(c4ccc(F)cc4)[C@@]2(C)Oc2ccccc23)cc1. The van der Waals surface area contributed by atoms with Gasteiger partial charge in [-0.1, -0.05) is 18.2 Å². The van der Waals surface area contributed by atoms with E-state index in [9.17, 15) is 9.18 Å². The summed E-state index contributed by atoms with van der Waals surface area (Å²) in [5.41, 5.74) is 0.954. The van der Waals surface area contributed by atoms with Crippen LogP contribution in [0.25, 0.3) is 0 Å². The Morgan fingerprint density at radius 3 is 2.52 bits per heavy atom. The molecular formula is C25H22FN3O3S. The van der Waals surface area contributed by atoms with E-state index in [1.807, 2.05) is 31.2 Å². The lowest BCUT2D eigenvalue weighted by Gasteiger charge is -2.56. The molecule has 0 aliphatic carbocycles. The molecule has 2 aliphatic heterocycles. The highest BCUT2D eigenvalue weighted by atomic mass is 32.1. The van der Waals surface area contributed by atoms with Gasteiger partial charge in [0, 0.05) is 16.9 Å². The van der Waals surface area contributed by atoms with E-state index >= 15 is 0 Å². The average Bonchev–Trinajstić information content (AvgIpc) is 2.80. The number of nitrogens with zero attached hydrogens (tertiary/aromatic N) is 1. The van der Waals surface area contributed by atoms with Crippen LogP contribution in [-0.2, 0) is 4.79 Å². The van der Waals surface area contributed by atoms with Crippen LogP contribution in [0.5, 0.6) is 11.5 Å².